The van der Waals surface area contributed by atoms with E-state index in [1.165, 1.54) is 29.0 Å². The highest BCUT2D eigenvalue weighted by molar-refractivity contribution is 7.18. The minimum atomic E-state index is -0.180. The maximum absolute atomic E-state index is 12.1. The van der Waals surface area contributed by atoms with Gasteiger partial charge in [0.05, 0.1) is 11.5 Å². The van der Waals surface area contributed by atoms with Crippen LogP contribution >= 0.6 is 11.3 Å². The highest BCUT2D eigenvalue weighted by Crippen LogP contribution is 2.33. The fourth-order valence-electron chi connectivity index (χ4n) is 2.38. The maximum Gasteiger partial charge on any atom is 0.282 e. The molecule has 2 aromatic heterocycles. The van der Waals surface area contributed by atoms with Crippen LogP contribution < -0.4 is 5.56 Å². The second kappa shape index (κ2) is 4.39. The Morgan fingerprint density at radius 2 is 2.22 bits per heavy atom. The molecule has 0 spiro atoms. The molecule has 2 heterocycles. The first-order chi connectivity index (χ1) is 8.79. The van der Waals surface area contributed by atoms with Crippen LogP contribution in [0.5, 0.6) is 0 Å². The van der Waals surface area contributed by atoms with Gasteiger partial charge < -0.3 is 4.98 Å². The lowest BCUT2D eigenvalue weighted by atomic mass is 9.97. The minimum Gasteiger partial charge on any atom is -0.331 e. The van der Waals surface area contributed by atoms with Gasteiger partial charge in [-0.2, -0.15) is 10.2 Å². The van der Waals surface area contributed by atoms with E-state index >= 15 is 0 Å². The Kier molecular flexibility index (Phi) is 2.73. The highest BCUT2D eigenvalue weighted by atomic mass is 32.1. The molecule has 0 unspecified atom stereocenters. The summed E-state index contributed by atoms with van der Waals surface area (Å²) in [5.74, 6) is 0.452. The summed E-state index contributed by atoms with van der Waals surface area (Å²) in [4.78, 5) is 21.4. The molecule has 0 bridgehead atoms. The molecule has 4 nitrogen and oxygen atoms in total. The quantitative estimate of drug-likeness (QED) is 0.797. The van der Waals surface area contributed by atoms with Gasteiger partial charge in [-0.1, -0.05) is 0 Å². The molecular formula is C13H11N3OS. The van der Waals surface area contributed by atoms with Crippen molar-refractivity contribution in [3.05, 3.63) is 32.7 Å². The molecule has 5 heteroatoms. The summed E-state index contributed by atoms with van der Waals surface area (Å²) in [5.41, 5.74) is 1.01. The normalized spacial score (nSPS) is 14.8. The fourth-order valence-corrected chi connectivity index (χ4v) is 3.67. The zero-order valence-corrected chi connectivity index (χ0v) is 10.5. The van der Waals surface area contributed by atoms with Crippen molar-refractivity contribution in [3.63, 3.8) is 0 Å². The van der Waals surface area contributed by atoms with E-state index in [0.717, 1.165) is 29.5 Å². The SMILES string of the molecule is N#CC=Cc1nc(=O)c2c3c(sc2[nH]1)CCCC3. The monoisotopic (exact) mass is 257 g/mol. The van der Waals surface area contributed by atoms with Crippen LogP contribution in [0.1, 0.15) is 29.1 Å². The predicted molar refractivity (Wildman–Crippen MR) is 71.5 cm³/mol. The van der Waals surface area contributed by atoms with E-state index in [1.54, 1.807) is 11.3 Å². The summed E-state index contributed by atoms with van der Waals surface area (Å²) in [6, 6.07) is 1.89. The molecule has 2 aromatic rings. The summed E-state index contributed by atoms with van der Waals surface area (Å²) in [7, 11) is 0. The molecule has 1 aliphatic rings. The molecule has 0 saturated heterocycles. The number of hydrogen-bond donors (Lipinski definition) is 1. The molecule has 0 fully saturated rings. The fraction of sp³-hybridized carbons (Fsp3) is 0.308. The molecule has 0 saturated carbocycles. The van der Waals surface area contributed by atoms with E-state index in [1.807, 2.05) is 6.07 Å². The minimum absolute atomic E-state index is 0.180. The molecule has 0 aromatic carbocycles. The first kappa shape index (κ1) is 11.2. The van der Waals surface area contributed by atoms with Gasteiger partial charge in [0.2, 0.25) is 0 Å². The van der Waals surface area contributed by atoms with Crippen LogP contribution in [0.4, 0.5) is 0 Å². The zero-order valence-electron chi connectivity index (χ0n) is 9.69. The predicted octanol–water partition coefficient (Wildman–Crippen LogP) is 2.40. The van der Waals surface area contributed by atoms with E-state index in [2.05, 4.69) is 9.97 Å². The second-order valence-corrected chi connectivity index (χ2v) is 5.41. The average Bonchev–Trinajstić information content (AvgIpc) is 2.74. The van der Waals surface area contributed by atoms with Crippen molar-refractivity contribution in [2.75, 3.05) is 0 Å². The Morgan fingerprint density at radius 1 is 1.39 bits per heavy atom. The van der Waals surface area contributed by atoms with Crippen LogP contribution in [0.25, 0.3) is 16.3 Å². The number of nitrogens with zero attached hydrogens (tertiary/aromatic N) is 2. The van der Waals surface area contributed by atoms with Gasteiger partial charge in [-0.15, -0.1) is 11.3 Å². The third-order valence-corrected chi connectivity index (χ3v) is 4.37. The maximum atomic E-state index is 12.1. The van der Waals surface area contributed by atoms with E-state index in [9.17, 15) is 4.79 Å². The van der Waals surface area contributed by atoms with Crippen LogP contribution in [0, 0.1) is 11.3 Å². The molecule has 0 atom stereocenters. The number of nitriles is 1. The van der Waals surface area contributed by atoms with Crippen LogP contribution in [0.15, 0.2) is 10.9 Å². The van der Waals surface area contributed by atoms with Crippen LogP contribution in [-0.2, 0) is 12.8 Å². The lowest BCUT2D eigenvalue weighted by molar-refractivity contribution is 0.700. The van der Waals surface area contributed by atoms with Crippen molar-refractivity contribution in [2.24, 2.45) is 0 Å². The lowest BCUT2D eigenvalue weighted by Gasteiger charge is -2.09. The molecular weight excluding hydrogens is 246 g/mol. The van der Waals surface area contributed by atoms with Crippen molar-refractivity contribution in [1.82, 2.24) is 9.97 Å². The van der Waals surface area contributed by atoms with Gasteiger partial charge in [0.25, 0.3) is 5.56 Å². The van der Waals surface area contributed by atoms with E-state index in [-0.39, 0.29) is 5.56 Å². The third-order valence-electron chi connectivity index (χ3n) is 3.16. The van der Waals surface area contributed by atoms with Gasteiger partial charge in [0, 0.05) is 11.0 Å². The Morgan fingerprint density at radius 3 is 3.06 bits per heavy atom. The molecule has 3 rings (SSSR count). The van der Waals surface area contributed by atoms with Crippen molar-refractivity contribution >= 4 is 27.6 Å². The largest absolute Gasteiger partial charge is 0.331 e. The van der Waals surface area contributed by atoms with Crippen molar-refractivity contribution in [1.29, 1.82) is 5.26 Å². The summed E-state index contributed by atoms with van der Waals surface area (Å²) in [6.45, 7) is 0. The van der Waals surface area contributed by atoms with Crippen molar-refractivity contribution < 1.29 is 0 Å². The molecule has 0 amide bonds. The smallest absolute Gasteiger partial charge is 0.282 e. The third kappa shape index (κ3) is 1.75. The average molecular weight is 257 g/mol. The number of nitrogens with one attached hydrogen (secondary N) is 1. The first-order valence-corrected chi connectivity index (χ1v) is 6.72. The van der Waals surface area contributed by atoms with E-state index in [0.29, 0.717) is 5.82 Å². The van der Waals surface area contributed by atoms with Gasteiger partial charge >= 0.3 is 0 Å². The van der Waals surface area contributed by atoms with Crippen molar-refractivity contribution in [2.45, 2.75) is 25.7 Å². The lowest BCUT2D eigenvalue weighted by Crippen LogP contribution is -2.11. The van der Waals surface area contributed by atoms with Gasteiger partial charge in [-0.05, 0) is 37.3 Å². The Balaban J connectivity index is 2.24. The Hall–Kier alpha value is -1.93. The number of rotatable bonds is 1. The summed E-state index contributed by atoms with van der Waals surface area (Å²) >= 11 is 1.65. The van der Waals surface area contributed by atoms with Gasteiger partial charge in [-0.25, -0.2) is 0 Å². The van der Waals surface area contributed by atoms with Crippen molar-refractivity contribution in [3.8, 4) is 6.07 Å². The van der Waals surface area contributed by atoms with E-state index < -0.39 is 0 Å². The van der Waals surface area contributed by atoms with Gasteiger partial charge in [0.15, 0.2) is 0 Å². The topological polar surface area (TPSA) is 69.5 Å². The zero-order chi connectivity index (χ0) is 12.5. The van der Waals surface area contributed by atoms with Gasteiger partial charge in [0.1, 0.15) is 10.7 Å². The molecule has 18 heavy (non-hydrogen) atoms. The molecule has 0 aliphatic heterocycles. The number of thiophene rings is 1. The first-order valence-electron chi connectivity index (χ1n) is 5.90. The summed E-state index contributed by atoms with van der Waals surface area (Å²) < 4.78 is 0. The molecule has 1 N–H and O–H groups in total. The summed E-state index contributed by atoms with van der Waals surface area (Å²) in [5, 5.41) is 9.24. The second-order valence-electron chi connectivity index (χ2n) is 4.30. The number of aryl methyl sites for hydroxylation is 2. The number of fused-ring (bicyclic) bond motifs is 3. The number of aromatic nitrogens is 2. The number of aromatic amines is 1. The Labute approximate surface area is 108 Å². The number of allylic oxidation sites excluding steroid dienone is 1. The van der Waals surface area contributed by atoms with Gasteiger partial charge in [-0.3, -0.25) is 4.79 Å². The van der Waals surface area contributed by atoms with Crippen LogP contribution in [0.2, 0.25) is 0 Å². The van der Waals surface area contributed by atoms with Crippen LogP contribution in [-0.4, -0.2) is 9.97 Å². The van der Waals surface area contributed by atoms with E-state index in [4.69, 9.17) is 5.26 Å². The van der Waals surface area contributed by atoms with Crippen LogP contribution in [0.3, 0.4) is 0 Å². The number of hydrogen-bond acceptors (Lipinski definition) is 4. The molecule has 1 aliphatic carbocycles. The molecule has 90 valence electrons. The number of H-pyrrole nitrogens is 1. The standard InChI is InChI=1S/C13H11N3OS/c14-7-3-6-10-15-12(17)11-8-4-1-2-5-9(8)18-13(11)16-10/h3,6H,1-2,4-5H2,(H,15,16,17). The Bertz CT molecular complexity index is 733. The molecule has 0 radical (unpaired) electrons. The summed E-state index contributed by atoms with van der Waals surface area (Å²) in [6.07, 6.45) is 7.23. The highest BCUT2D eigenvalue weighted by Gasteiger charge is 2.19.